The molecular formula is C46H60BBrN4O10S2. The quantitative estimate of drug-likeness (QED) is 0.186. The summed E-state index contributed by atoms with van der Waals surface area (Å²) in [6.45, 7) is 21.5. The van der Waals surface area contributed by atoms with Crippen molar-refractivity contribution >= 4 is 82.4 Å². The normalized spacial score (nSPS) is 17.7. The van der Waals surface area contributed by atoms with Crippen molar-refractivity contribution in [2.75, 3.05) is 26.2 Å². The van der Waals surface area contributed by atoms with E-state index in [2.05, 4.69) is 15.9 Å². The fraction of sp³-hybridized carbons (Fsp3) is 0.435. The molecule has 0 saturated carbocycles. The number of halogens is 1. The van der Waals surface area contributed by atoms with E-state index in [1.807, 2.05) is 106 Å². The molecule has 0 atom stereocenters. The van der Waals surface area contributed by atoms with Gasteiger partial charge in [0.2, 0.25) is 20.0 Å². The van der Waals surface area contributed by atoms with Crippen LogP contribution in [0.2, 0.25) is 0 Å². The summed E-state index contributed by atoms with van der Waals surface area (Å²) in [7, 11) is -7.78. The maximum absolute atomic E-state index is 12.2. The van der Waals surface area contributed by atoms with Crippen molar-refractivity contribution in [1.29, 1.82) is 0 Å². The van der Waals surface area contributed by atoms with Crippen LogP contribution in [0.1, 0.15) is 87.6 Å². The van der Waals surface area contributed by atoms with Crippen molar-refractivity contribution in [2.24, 2.45) is 10.3 Å². The van der Waals surface area contributed by atoms with Gasteiger partial charge in [-0.1, -0.05) is 82.7 Å². The van der Waals surface area contributed by atoms with Gasteiger partial charge in [-0.2, -0.15) is 0 Å². The third kappa shape index (κ3) is 12.7. The number of sulfonamides is 2. The number of carbonyl (C=O) groups is 2. The molecule has 1 saturated heterocycles. The van der Waals surface area contributed by atoms with Gasteiger partial charge in [-0.15, -0.1) is 0 Å². The van der Waals surface area contributed by atoms with Crippen LogP contribution in [-0.4, -0.2) is 94.5 Å². The first-order valence-corrected chi connectivity index (χ1v) is 24.8. The predicted molar refractivity (Wildman–Crippen MR) is 255 cm³/mol. The first-order chi connectivity index (χ1) is 29.5. The second kappa shape index (κ2) is 19.3. The minimum absolute atomic E-state index is 0.119. The van der Waals surface area contributed by atoms with Crippen LogP contribution in [0.5, 0.6) is 0 Å². The second-order valence-corrected chi connectivity index (χ2v) is 22.7. The molecule has 18 heteroatoms. The molecule has 3 aliphatic rings. The molecule has 14 nitrogen and oxygen atoms in total. The number of carbonyl (C=O) groups excluding carboxylic acids is 2. The molecule has 0 spiro atoms. The Morgan fingerprint density at radius 1 is 0.641 bits per heavy atom. The van der Waals surface area contributed by atoms with Crippen LogP contribution in [0, 0.1) is 0 Å². The molecule has 2 amide bonds. The van der Waals surface area contributed by atoms with Crippen molar-refractivity contribution in [3.05, 3.63) is 100 Å². The van der Waals surface area contributed by atoms with Crippen LogP contribution >= 0.6 is 15.9 Å². The van der Waals surface area contributed by atoms with E-state index in [0.29, 0.717) is 43.4 Å². The van der Waals surface area contributed by atoms with E-state index in [0.717, 1.165) is 38.3 Å². The van der Waals surface area contributed by atoms with E-state index in [-0.39, 0.29) is 40.3 Å². The molecule has 4 aromatic rings. The van der Waals surface area contributed by atoms with Gasteiger partial charge in [0, 0.05) is 41.4 Å². The SMILES string of the molecule is CC(C)(C)OC(=O)N1CC=C(B2OC(C)(C)C(C)(C)O2)CC1.CC(C)(C)OC(=O)N1CC=C(c2ccc(S(N)(=O)=O)c3ccccc23)CC1.NS(=O)(=O)c1ccc(Br)c2ccccc12. The number of rotatable bonds is 4. The fourth-order valence-corrected chi connectivity index (χ4v) is 9.04. The highest BCUT2D eigenvalue weighted by molar-refractivity contribution is 9.10. The zero-order valence-electron chi connectivity index (χ0n) is 38.2. The van der Waals surface area contributed by atoms with E-state index < -0.39 is 31.2 Å². The number of amides is 2. The van der Waals surface area contributed by atoms with Crippen LogP contribution in [0.15, 0.2) is 105 Å². The monoisotopic (exact) mass is 982 g/mol. The minimum Gasteiger partial charge on any atom is -0.444 e. The second-order valence-electron chi connectivity index (χ2n) is 18.8. The zero-order valence-corrected chi connectivity index (χ0v) is 41.4. The van der Waals surface area contributed by atoms with E-state index in [9.17, 15) is 26.4 Å². The standard InChI is InChI=1S/C20H24N2O4S.C16H28BNO4.C10H8BrNO2S/c1-20(2,3)26-19(23)22-12-10-14(11-13-22)15-8-9-18(27(21,24)25)17-7-5-4-6-16(15)17;1-14(2,3)20-13(19)18-10-8-12(9-11-18)17-21-15(4,5)16(6,7)22-17;11-9-5-6-10(15(12,13)14)8-4-2-1-3-7(8)9/h4-10H,11-13H2,1-3H3,(H2,21,24,25);8H,9-11H2,1-7H3;1-6H,(H2,12,13,14). The van der Waals surface area contributed by atoms with Crippen molar-refractivity contribution in [2.45, 2.75) is 114 Å². The topological polar surface area (TPSA) is 198 Å². The van der Waals surface area contributed by atoms with Gasteiger partial charge in [-0.3, -0.25) is 0 Å². The summed E-state index contributed by atoms with van der Waals surface area (Å²) in [5, 5.41) is 13.4. The summed E-state index contributed by atoms with van der Waals surface area (Å²) in [6.07, 6.45) is 4.83. The molecule has 0 bridgehead atoms. The molecule has 4 aromatic carbocycles. The highest BCUT2D eigenvalue weighted by Crippen LogP contribution is 2.40. The number of hydrogen-bond acceptors (Lipinski definition) is 10. The van der Waals surface area contributed by atoms with Crippen molar-refractivity contribution in [3.63, 3.8) is 0 Å². The molecule has 0 unspecified atom stereocenters. The highest BCUT2D eigenvalue weighted by Gasteiger charge is 2.52. The maximum Gasteiger partial charge on any atom is 0.490 e. The first-order valence-electron chi connectivity index (χ1n) is 20.9. The number of fused-ring (bicyclic) bond motifs is 2. The Labute approximate surface area is 386 Å². The minimum atomic E-state index is -3.80. The summed E-state index contributed by atoms with van der Waals surface area (Å²) in [6, 6.07) is 21.0. The number of benzene rings is 4. The molecule has 3 aliphatic heterocycles. The van der Waals surface area contributed by atoms with Gasteiger partial charge >= 0.3 is 19.3 Å². The van der Waals surface area contributed by atoms with Gasteiger partial charge in [-0.05, 0) is 128 Å². The number of hydrogen-bond donors (Lipinski definition) is 2. The van der Waals surface area contributed by atoms with Gasteiger partial charge in [0.1, 0.15) is 11.2 Å². The Morgan fingerprint density at radius 2 is 1.06 bits per heavy atom. The molecule has 1 fully saturated rings. The molecule has 7 rings (SSSR count). The Kier molecular flexibility index (Phi) is 15.3. The Bertz CT molecular complexity index is 2680. The molecule has 346 valence electrons. The first kappa shape index (κ1) is 50.7. The van der Waals surface area contributed by atoms with Crippen molar-refractivity contribution < 1.29 is 45.2 Å². The van der Waals surface area contributed by atoms with Crippen LogP contribution in [-0.2, 0) is 38.8 Å². The summed E-state index contributed by atoms with van der Waals surface area (Å²) in [5.74, 6) is 0. The molecule has 3 heterocycles. The average Bonchev–Trinajstić information content (AvgIpc) is 3.41. The lowest BCUT2D eigenvalue weighted by Gasteiger charge is -2.32. The number of nitrogens with zero attached hydrogens (tertiary/aromatic N) is 2. The van der Waals surface area contributed by atoms with E-state index >= 15 is 0 Å². The summed E-state index contributed by atoms with van der Waals surface area (Å²) in [4.78, 5) is 27.9. The molecular weight excluding hydrogens is 923 g/mol. The summed E-state index contributed by atoms with van der Waals surface area (Å²) in [5.41, 5.74) is 1.49. The van der Waals surface area contributed by atoms with Gasteiger partial charge in [0.15, 0.2) is 0 Å². The number of nitrogens with two attached hydrogens (primary N) is 2. The smallest absolute Gasteiger partial charge is 0.444 e. The Hall–Kier alpha value is -4.30. The molecule has 4 N–H and O–H groups in total. The molecule has 0 aromatic heterocycles. The van der Waals surface area contributed by atoms with Crippen LogP contribution in [0.3, 0.4) is 0 Å². The number of ether oxygens (including phenoxy) is 2. The lowest BCUT2D eigenvalue weighted by molar-refractivity contribution is 0.00578. The summed E-state index contributed by atoms with van der Waals surface area (Å²) < 4.78 is 70.2. The molecule has 0 aliphatic carbocycles. The van der Waals surface area contributed by atoms with Crippen LogP contribution in [0.4, 0.5) is 9.59 Å². The number of primary sulfonamides is 2. The van der Waals surface area contributed by atoms with E-state index in [1.165, 1.54) is 6.07 Å². The predicted octanol–water partition coefficient (Wildman–Crippen LogP) is 8.95. The van der Waals surface area contributed by atoms with E-state index in [1.54, 1.807) is 52.3 Å². The van der Waals surface area contributed by atoms with Gasteiger partial charge in [-0.25, -0.2) is 36.7 Å². The Balaban J connectivity index is 0.000000188. The average molecular weight is 984 g/mol. The fourth-order valence-electron chi connectivity index (χ4n) is 7.07. The maximum atomic E-state index is 12.2. The van der Waals surface area contributed by atoms with Crippen LogP contribution < -0.4 is 10.3 Å². The Morgan fingerprint density at radius 3 is 1.48 bits per heavy atom. The summed E-state index contributed by atoms with van der Waals surface area (Å²) >= 11 is 3.36. The van der Waals surface area contributed by atoms with Gasteiger partial charge in [0.05, 0.1) is 21.0 Å². The van der Waals surface area contributed by atoms with Crippen LogP contribution in [0.25, 0.3) is 27.1 Å². The zero-order chi connectivity index (χ0) is 47.6. The lowest BCUT2D eigenvalue weighted by atomic mass is 9.75. The third-order valence-corrected chi connectivity index (χ3v) is 13.6. The van der Waals surface area contributed by atoms with Gasteiger partial charge in [0.25, 0.3) is 0 Å². The van der Waals surface area contributed by atoms with Crippen molar-refractivity contribution in [3.8, 4) is 0 Å². The highest BCUT2D eigenvalue weighted by atomic mass is 79.9. The largest absolute Gasteiger partial charge is 0.490 e. The van der Waals surface area contributed by atoms with Gasteiger partial charge < -0.3 is 28.6 Å². The lowest BCUT2D eigenvalue weighted by Crippen LogP contribution is -2.41. The third-order valence-electron chi connectivity index (χ3n) is 11.0. The van der Waals surface area contributed by atoms with E-state index in [4.69, 9.17) is 29.1 Å². The molecule has 0 radical (unpaired) electrons. The van der Waals surface area contributed by atoms with Crippen molar-refractivity contribution in [1.82, 2.24) is 9.80 Å². The molecule has 64 heavy (non-hydrogen) atoms.